The number of hydrogen-bond acceptors (Lipinski definition) is 2. The molecule has 0 aliphatic carbocycles. The third-order valence-electron chi connectivity index (χ3n) is 1.67. The van der Waals surface area contributed by atoms with Gasteiger partial charge in [-0.3, -0.25) is 0 Å². The number of alkyl halides is 3. The van der Waals surface area contributed by atoms with Crippen LogP contribution in [0.1, 0.15) is 11.1 Å². The van der Waals surface area contributed by atoms with Gasteiger partial charge in [0.1, 0.15) is 0 Å². The summed E-state index contributed by atoms with van der Waals surface area (Å²) in [5.41, 5.74) is -0.473. The summed E-state index contributed by atoms with van der Waals surface area (Å²) in [6.07, 6.45) is -3.18. The maximum absolute atomic E-state index is 12.3. The summed E-state index contributed by atoms with van der Waals surface area (Å²) in [5.74, 6) is 0. The Kier molecular flexibility index (Phi) is 3.50. The van der Waals surface area contributed by atoms with E-state index in [1.807, 2.05) is 0 Å². The first-order valence-electron chi connectivity index (χ1n) is 3.84. The largest absolute Gasteiger partial charge is 0.417 e. The molecule has 0 radical (unpaired) electrons. The van der Waals surface area contributed by atoms with Crippen molar-refractivity contribution >= 4 is 17.7 Å². The molecular formula is C9H5ClF3NO. The number of benzene rings is 1. The van der Waals surface area contributed by atoms with Crippen LogP contribution in [0.3, 0.4) is 0 Å². The normalized spacial score (nSPS) is 10.9. The third kappa shape index (κ3) is 3.08. The van der Waals surface area contributed by atoms with E-state index >= 15 is 0 Å². The highest BCUT2D eigenvalue weighted by Crippen LogP contribution is 2.34. The average molecular weight is 236 g/mol. The number of carbonyl (C=O) groups excluding carboxylic acids is 1. The lowest BCUT2D eigenvalue weighted by Gasteiger charge is -2.09. The van der Waals surface area contributed by atoms with Crippen LogP contribution in [0.4, 0.5) is 13.2 Å². The summed E-state index contributed by atoms with van der Waals surface area (Å²) < 4.78 is 36.8. The predicted octanol–water partition coefficient (Wildman–Crippen LogP) is 3.19. The van der Waals surface area contributed by atoms with Gasteiger partial charge in [0.05, 0.1) is 17.1 Å². The molecule has 2 nitrogen and oxygen atoms in total. The third-order valence-corrected chi connectivity index (χ3v) is 1.98. The van der Waals surface area contributed by atoms with E-state index in [4.69, 9.17) is 11.6 Å². The Hall–Kier alpha value is -1.32. The second kappa shape index (κ2) is 4.47. The molecule has 0 N–H and O–H groups in total. The van der Waals surface area contributed by atoms with Gasteiger partial charge < -0.3 is 0 Å². The molecule has 0 atom stereocenters. The Morgan fingerprint density at radius 2 is 2.07 bits per heavy atom. The molecule has 0 aliphatic rings. The molecule has 0 aromatic heterocycles. The summed E-state index contributed by atoms with van der Waals surface area (Å²) in [4.78, 5) is 13.0. The number of rotatable bonds is 2. The number of nitrogens with zero attached hydrogens (tertiary/aromatic N) is 1. The molecule has 0 unspecified atom stereocenters. The van der Waals surface area contributed by atoms with Gasteiger partial charge in [-0.25, -0.2) is 9.79 Å². The molecule has 80 valence electrons. The number of halogens is 4. The van der Waals surface area contributed by atoms with Crippen molar-refractivity contribution in [2.24, 2.45) is 4.99 Å². The first-order chi connectivity index (χ1) is 6.95. The number of aliphatic imine (C=N–C) groups is 1. The zero-order valence-corrected chi connectivity index (χ0v) is 8.06. The molecule has 0 fully saturated rings. The highest BCUT2D eigenvalue weighted by Gasteiger charge is 2.32. The zero-order valence-electron chi connectivity index (χ0n) is 7.31. The van der Waals surface area contributed by atoms with Gasteiger partial charge in [-0.05, 0) is 17.7 Å². The van der Waals surface area contributed by atoms with E-state index in [1.54, 1.807) is 0 Å². The SMILES string of the molecule is O=C=NCc1ccc(C(F)(F)F)c(Cl)c1. The van der Waals surface area contributed by atoms with Gasteiger partial charge in [0.15, 0.2) is 0 Å². The molecule has 6 heteroatoms. The monoisotopic (exact) mass is 235 g/mol. The van der Waals surface area contributed by atoms with Crippen molar-refractivity contribution in [3.05, 3.63) is 34.3 Å². The van der Waals surface area contributed by atoms with Crippen molar-refractivity contribution in [2.75, 3.05) is 0 Å². The lowest BCUT2D eigenvalue weighted by atomic mass is 10.1. The van der Waals surface area contributed by atoms with E-state index in [0.717, 1.165) is 12.1 Å². The van der Waals surface area contributed by atoms with E-state index in [1.165, 1.54) is 12.1 Å². The Morgan fingerprint density at radius 3 is 2.53 bits per heavy atom. The molecule has 15 heavy (non-hydrogen) atoms. The van der Waals surface area contributed by atoms with Crippen LogP contribution in [0.15, 0.2) is 23.2 Å². The molecule has 1 aromatic rings. The maximum atomic E-state index is 12.3. The number of isocyanates is 1. The van der Waals surface area contributed by atoms with Gasteiger partial charge in [0, 0.05) is 0 Å². The van der Waals surface area contributed by atoms with Crippen LogP contribution in [-0.4, -0.2) is 6.08 Å². The topological polar surface area (TPSA) is 29.4 Å². The molecule has 0 saturated carbocycles. The fourth-order valence-corrected chi connectivity index (χ4v) is 1.32. The average Bonchev–Trinajstić information content (AvgIpc) is 2.12. The minimum absolute atomic E-state index is 0.0264. The highest BCUT2D eigenvalue weighted by atomic mass is 35.5. The Bertz CT molecular complexity index is 410. The van der Waals surface area contributed by atoms with Gasteiger partial charge in [-0.2, -0.15) is 13.2 Å². The van der Waals surface area contributed by atoms with Gasteiger partial charge >= 0.3 is 6.18 Å². The van der Waals surface area contributed by atoms with E-state index in [-0.39, 0.29) is 6.54 Å². The Balaban J connectivity index is 3.03. The standard InChI is InChI=1S/C9H5ClF3NO/c10-8-3-6(4-14-5-15)1-2-7(8)9(11,12)13/h1-3H,4H2. The first-order valence-corrected chi connectivity index (χ1v) is 4.22. The second-order valence-electron chi connectivity index (χ2n) is 2.72. The molecule has 1 rings (SSSR count). The van der Waals surface area contributed by atoms with Gasteiger partial charge in [0.2, 0.25) is 6.08 Å². The molecule has 0 amide bonds. The summed E-state index contributed by atoms with van der Waals surface area (Å²) >= 11 is 5.43. The van der Waals surface area contributed by atoms with Crippen molar-refractivity contribution in [1.82, 2.24) is 0 Å². The van der Waals surface area contributed by atoms with Crippen molar-refractivity contribution < 1.29 is 18.0 Å². The highest BCUT2D eigenvalue weighted by molar-refractivity contribution is 6.31. The minimum Gasteiger partial charge on any atom is -0.211 e. The quantitative estimate of drug-likeness (QED) is 0.572. The van der Waals surface area contributed by atoms with Crippen molar-refractivity contribution in [3.63, 3.8) is 0 Å². The summed E-state index contributed by atoms with van der Waals surface area (Å²) in [7, 11) is 0. The van der Waals surface area contributed by atoms with Crippen molar-refractivity contribution in [2.45, 2.75) is 12.7 Å². The minimum atomic E-state index is -4.47. The predicted molar refractivity (Wildman–Crippen MR) is 48.3 cm³/mol. The van der Waals surface area contributed by atoms with E-state index in [2.05, 4.69) is 4.99 Å². The molecule has 1 aromatic carbocycles. The van der Waals surface area contributed by atoms with Crippen LogP contribution in [0.25, 0.3) is 0 Å². The molecule has 0 heterocycles. The summed E-state index contributed by atoms with van der Waals surface area (Å²) in [6, 6.07) is 3.21. The van der Waals surface area contributed by atoms with Crippen LogP contribution >= 0.6 is 11.6 Å². The van der Waals surface area contributed by atoms with Crippen LogP contribution < -0.4 is 0 Å². The molecular weight excluding hydrogens is 231 g/mol. The molecule has 0 saturated heterocycles. The van der Waals surface area contributed by atoms with Gasteiger partial charge in [-0.1, -0.05) is 17.7 Å². The maximum Gasteiger partial charge on any atom is 0.417 e. The van der Waals surface area contributed by atoms with E-state index in [9.17, 15) is 18.0 Å². The van der Waals surface area contributed by atoms with Crippen LogP contribution in [0, 0.1) is 0 Å². The smallest absolute Gasteiger partial charge is 0.211 e. The Morgan fingerprint density at radius 1 is 1.40 bits per heavy atom. The van der Waals surface area contributed by atoms with E-state index in [0.29, 0.717) is 5.56 Å². The van der Waals surface area contributed by atoms with Crippen LogP contribution in [-0.2, 0) is 17.5 Å². The van der Waals surface area contributed by atoms with Gasteiger partial charge in [0.25, 0.3) is 0 Å². The van der Waals surface area contributed by atoms with Crippen LogP contribution in [0.2, 0.25) is 5.02 Å². The number of hydrogen-bond donors (Lipinski definition) is 0. The molecule has 0 spiro atoms. The summed E-state index contributed by atoms with van der Waals surface area (Å²) in [6.45, 7) is -0.0264. The Labute approximate surface area is 88.4 Å². The zero-order chi connectivity index (χ0) is 11.5. The fourth-order valence-electron chi connectivity index (χ4n) is 1.01. The second-order valence-corrected chi connectivity index (χ2v) is 3.13. The van der Waals surface area contributed by atoms with E-state index < -0.39 is 16.8 Å². The fraction of sp³-hybridized carbons (Fsp3) is 0.222. The lowest BCUT2D eigenvalue weighted by molar-refractivity contribution is -0.137. The van der Waals surface area contributed by atoms with Crippen molar-refractivity contribution in [1.29, 1.82) is 0 Å². The van der Waals surface area contributed by atoms with Gasteiger partial charge in [-0.15, -0.1) is 0 Å². The van der Waals surface area contributed by atoms with Crippen molar-refractivity contribution in [3.8, 4) is 0 Å². The molecule has 0 bridgehead atoms. The van der Waals surface area contributed by atoms with Crippen LogP contribution in [0.5, 0.6) is 0 Å². The lowest BCUT2D eigenvalue weighted by Crippen LogP contribution is -2.05. The molecule has 0 aliphatic heterocycles. The summed E-state index contributed by atoms with van der Waals surface area (Å²) in [5, 5.41) is -0.402. The first kappa shape index (κ1) is 11.8.